The second kappa shape index (κ2) is 9.92. The highest BCUT2D eigenvalue weighted by Gasteiger charge is 2.32. The molecule has 2 aromatic carbocycles. The molecule has 31 heavy (non-hydrogen) atoms. The van der Waals surface area contributed by atoms with Gasteiger partial charge in [-0.2, -0.15) is 0 Å². The number of benzene rings is 2. The van der Waals surface area contributed by atoms with Crippen LogP contribution in [-0.2, 0) is 4.79 Å². The highest BCUT2D eigenvalue weighted by atomic mass is 16.6. The molecular weight excluding hydrogens is 398 g/mol. The smallest absolute Gasteiger partial charge is 0.319 e. The number of urea groups is 1. The van der Waals surface area contributed by atoms with Crippen molar-refractivity contribution in [1.29, 1.82) is 0 Å². The number of amides is 3. The van der Waals surface area contributed by atoms with Gasteiger partial charge >= 0.3 is 6.03 Å². The number of carbonyl (C=O) groups is 2. The van der Waals surface area contributed by atoms with Gasteiger partial charge in [-0.1, -0.05) is 44.2 Å². The van der Waals surface area contributed by atoms with Crippen LogP contribution in [0.5, 0.6) is 0 Å². The Morgan fingerprint density at radius 2 is 1.58 bits per heavy atom. The maximum Gasteiger partial charge on any atom is 0.319 e. The first kappa shape index (κ1) is 22.1. The summed E-state index contributed by atoms with van der Waals surface area (Å²) in [6.45, 7) is 5.59. The fraction of sp³-hybridized carbons (Fsp3) is 0.364. The fourth-order valence-corrected chi connectivity index (χ4v) is 3.59. The van der Waals surface area contributed by atoms with Gasteiger partial charge in [0.1, 0.15) is 11.7 Å². The SMILES string of the molecule is CC(C)C(NC(=O)Nc1ccccc1)C(=O)N1CCN(c2ccccc2[N+](=O)[O-])CC1. The average Bonchev–Trinajstić information content (AvgIpc) is 2.77. The van der Waals surface area contributed by atoms with E-state index in [2.05, 4.69) is 10.6 Å². The van der Waals surface area contributed by atoms with Crippen LogP contribution in [0, 0.1) is 16.0 Å². The number of nitrogens with zero attached hydrogens (tertiary/aromatic N) is 3. The van der Waals surface area contributed by atoms with Crippen molar-refractivity contribution in [1.82, 2.24) is 10.2 Å². The molecule has 0 aromatic heterocycles. The molecule has 0 aliphatic carbocycles. The lowest BCUT2D eigenvalue weighted by Crippen LogP contribution is -2.57. The van der Waals surface area contributed by atoms with Crippen LogP contribution in [0.1, 0.15) is 13.8 Å². The fourth-order valence-electron chi connectivity index (χ4n) is 3.59. The van der Waals surface area contributed by atoms with Crippen molar-refractivity contribution in [3.05, 3.63) is 64.7 Å². The lowest BCUT2D eigenvalue weighted by Gasteiger charge is -2.38. The van der Waals surface area contributed by atoms with Crippen molar-refractivity contribution in [2.75, 3.05) is 36.4 Å². The Kier molecular flexibility index (Phi) is 7.07. The number of hydrogen-bond acceptors (Lipinski definition) is 5. The maximum absolute atomic E-state index is 13.1. The van der Waals surface area contributed by atoms with Gasteiger partial charge in [0.15, 0.2) is 0 Å². The zero-order valence-corrected chi connectivity index (χ0v) is 17.7. The van der Waals surface area contributed by atoms with Crippen molar-refractivity contribution in [3.63, 3.8) is 0 Å². The summed E-state index contributed by atoms with van der Waals surface area (Å²) in [4.78, 5) is 40.0. The zero-order chi connectivity index (χ0) is 22.4. The van der Waals surface area contributed by atoms with Gasteiger partial charge in [-0.25, -0.2) is 4.79 Å². The summed E-state index contributed by atoms with van der Waals surface area (Å²) in [6, 6.07) is 14.5. The van der Waals surface area contributed by atoms with E-state index in [1.54, 1.807) is 35.2 Å². The summed E-state index contributed by atoms with van der Waals surface area (Å²) >= 11 is 0. The molecule has 1 fully saturated rings. The maximum atomic E-state index is 13.1. The topological polar surface area (TPSA) is 108 Å². The van der Waals surface area contributed by atoms with Crippen molar-refractivity contribution in [2.24, 2.45) is 5.92 Å². The number of nitro benzene ring substituents is 1. The molecule has 2 N–H and O–H groups in total. The van der Waals surface area contributed by atoms with Crippen LogP contribution in [0.15, 0.2) is 54.6 Å². The molecule has 3 amide bonds. The number of anilines is 2. The molecule has 0 spiro atoms. The first-order valence-corrected chi connectivity index (χ1v) is 10.3. The second-order valence-corrected chi connectivity index (χ2v) is 7.74. The minimum Gasteiger partial charge on any atom is -0.362 e. The van der Waals surface area contributed by atoms with E-state index in [4.69, 9.17) is 0 Å². The van der Waals surface area contributed by atoms with Crippen LogP contribution in [0.3, 0.4) is 0 Å². The number of rotatable bonds is 6. The lowest BCUT2D eigenvalue weighted by atomic mass is 10.0. The molecule has 0 saturated carbocycles. The molecule has 1 heterocycles. The van der Waals surface area contributed by atoms with Crippen molar-refractivity contribution in [3.8, 4) is 0 Å². The molecule has 0 bridgehead atoms. The van der Waals surface area contributed by atoms with Gasteiger partial charge in [-0.05, 0) is 24.1 Å². The van der Waals surface area contributed by atoms with Crippen LogP contribution in [-0.4, -0.2) is 54.0 Å². The van der Waals surface area contributed by atoms with Gasteiger partial charge in [-0.15, -0.1) is 0 Å². The first-order valence-electron chi connectivity index (χ1n) is 10.3. The van der Waals surface area contributed by atoms with E-state index in [0.717, 1.165) is 0 Å². The normalized spacial score (nSPS) is 14.8. The van der Waals surface area contributed by atoms with E-state index >= 15 is 0 Å². The third kappa shape index (κ3) is 5.50. The van der Waals surface area contributed by atoms with Crippen LogP contribution >= 0.6 is 0 Å². The lowest BCUT2D eigenvalue weighted by molar-refractivity contribution is -0.384. The van der Waals surface area contributed by atoms with Gasteiger partial charge in [0.2, 0.25) is 5.91 Å². The number of nitro groups is 1. The number of carbonyl (C=O) groups excluding carboxylic acids is 2. The molecule has 1 saturated heterocycles. The molecule has 0 radical (unpaired) electrons. The summed E-state index contributed by atoms with van der Waals surface area (Å²) < 4.78 is 0. The van der Waals surface area contributed by atoms with Crippen LogP contribution < -0.4 is 15.5 Å². The molecule has 1 aliphatic heterocycles. The summed E-state index contributed by atoms with van der Waals surface area (Å²) in [5, 5.41) is 16.8. The van der Waals surface area contributed by atoms with E-state index in [1.807, 2.05) is 36.9 Å². The quantitative estimate of drug-likeness (QED) is 0.546. The zero-order valence-electron chi connectivity index (χ0n) is 17.7. The first-order chi connectivity index (χ1) is 14.9. The number of piperazine rings is 1. The third-order valence-corrected chi connectivity index (χ3v) is 5.26. The van der Waals surface area contributed by atoms with Gasteiger partial charge in [0, 0.05) is 37.9 Å². The molecule has 1 aliphatic rings. The Morgan fingerprint density at radius 1 is 0.968 bits per heavy atom. The molecule has 164 valence electrons. The summed E-state index contributed by atoms with van der Waals surface area (Å²) in [7, 11) is 0. The number of nitrogens with one attached hydrogen (secondary N) is 2. The van der Waals surface area contributed by atoms with Crippen molar-refractivity contribution >= 4 is 29.0 Å². The standard InChI is InChI=1S/C22H27N5O4/c1-16(2)20(24-22(29)23-17-8-4-3-5-9-17)21(28)26-14-12-25(13-15-26)18-10-6-7-11-19(18)27(30)31/h3-11,16,20H,12-15H2,1-2H3,(H2,23,24,29). The van der Waals surface area contributed by atoms with Crippen LogP contribution in [0.25, 0.3) is 0 Å². The van der Waals surface area contributed by atoms with Crippen LogP contribution in [0.4, 0.5) is 21.9 Å². The Balaban J connectivity index is 1.61. The van der Waals surface area contributed by atoms with E-state index in [1.165, 1.54) is 6.07 Å². The monoisotopic (exact) mass is 425 g/mol. The minimum absolute atomic E-state index is 0.0570. The predicted octanol–water partition coefficient (Wildman–Crippen LogP) is 3.09. The molecule has 3 rings (SSSR count). The van der Waals surface area contributed by atoms with E-state index < -0.39 is 17.0 Å². The van der Waals surface area contributed by atoms with E-state index in [-0.39, 0.29) is 17.5 Å². The average molecular weight is 425 g/mol. The molecule has 9 heteroatoms. The number of hydrogen-bond donors (Lipinski definition) is 2. The summed E-state index contributed by atoms with van der Waals surface area (Å²) in [5.41, 5.74) is 1.26. The van der Waals surface area contributed by atoms with Crippen LogP contribution in [0.2, 0.25) is 0 Å². The minimum atomic E-state index is -0.665. The predicted molar refractivity (Wildman–Crippen MR) is 119 cm³/mol. The summed E-state index contributed by atoms with van der Waals surface area (Å²) in [5.74, 6) is -0.248. The van der Waals surface area contributed by atoms with Gasteiger partial charge < -0.3 is 20.4 Å². The molecule has 1 unspecified atom stereocenters. The molecule has 2 aromatic rings. The Hall–Kier alpha value is -3.62. The Morgan fingerprint density at radius 3 is 2.19 bits per heavy atom. The number of para-hydroxylation sites is 3. The van der Waals surface area contributed by atoms with Crippen molar-refractivity contribution < 1.29 is 14.5 Å². The van der Waals surface area contributed by atoms with Crippen molar-refractivity contribution in [2.45, 2.75) is 19.9 Å². The van der Waals surface area contributed by atoms with Gasteiger partial charge in [0.05, 0.1) is 4.92 Å². The Bertz CT molecular complexity index is 927. The highest BCUT2D eigenvalue weighted by molar-refractivity contribution is 5.93. The highest BCUT2D eigenvalue weighted by Crippen LogP contribution is 2.28. The molecule has 1 atom stereocenters. The molecular formula is C22H27N5O4. The third-order valence-electron chi connectivity index (χ3n) is 5.26. The van der Waals surface area contributed by atoms with Gasteiger partial charge in [-0.3, -0.25) is 14.9 Å². The van der Waals surface area contributed by atoms with E-state index in [9.17, 15) is 19.7 Å². The summed E-state index contributed by atoms with van der Waals surface area (Å²) in [6.07, 6.45) is 0. The molecule has 9 nitrogen and oxygen atoms in total. The second-order valence-electron chi connectivity index (χ2n) is 7.74. The Labute approximate surface area is 181 Å². The largest absolute Gasteiger partial charge is 0.362 e. The van der Waals surface area contributed by atoms with Gasteiger partial charge in [0.25, 0.3) is 5.69 Å². The van der Waals surface area contributed by atoms with E-state index in [0.29, 0.717) is 37.6 Å².